The molecule has 2 aromatic rings. The van der Waals surface area contributed by atoms with Crippen LogP contribution in [0.15, 0.2) is 24.4 Å². The van der Waals surface area contributed by atoms with Gasteiger partial charge in [0.1, 0.15) is 5.82 Å². The molecule has 0 bridgehead atoms. The summed E-state index contributed by atoms with van der Waals surface area (Å²) in [5, 5.41) is 1.01. The fraction of sp³-hybridized carbons (Fsp3) is 0.385. The molecule has 0 aliphatic rings. The normalized spacial score (nSPS) is 12.2. The Hall–Kier alpha value is -0.580. The Kier molecular flexibility index (Phi) is 3.24. The van der Waals surface area contributed by atoms with Crippen LogP contribution in [-0.4, -0.2) is 9.41 Å². The topological polar surface area (TPSA) is 15.8 Å². The number of rotatable bonds is 3. The average molecular weight is 331 g/mol. The van der Waals surface area contributed by atoms with Gasteiger partial charge in [0.05, 0.1) is 0 Å². The molecular weight excluding hydrogens is 316 g/mol. The van der Waals surface area contributed by atoms with Gasteiger partial charge in [0.25, 0.3) is 0 Å². The highest BCUT2D eigenvalue weighted by atomic mass is 127. The zero-order chi connectivity index (χ0) is 11.8. The molecule has 1 nitrogen and oxygen atoms in total. The highest BCUT2D eigenvalue weighted by molar-refractivity contribution is 14.1. The van der Waals surface area contributed by atoms with Crippen molar-refractivity contribution >= 4 is 33.5 Å². The molecule has 0 unspecified atom stereocenters. The monoisotopic (exact) mass is 331 g/mol. The summed E-state index contributed by atoms with van der Waals surface area (Å²) in [6.45, 7) is 4.47. The standard InChI is InChI=1S/C13H15FIN/c1-13(2,8-15)6-9-7-16-12-4-3-10(14)5-11(9)12/h3-5,7,16H,6,8H2,1-2H3. The molecule has 1 N–H and O–H groups in total. The maximum atomic E-state index is 13.2. The van der Waals surface area contributed by atoms with Crippen LogP contribution in [0.5, 0.6) is 0 Å². The molecule has 1 aromatic carbocycles. The van der Waals surface area contributed by atoms with Crippen LogP contribution in [0.3, 0.4) is 0 Å². The molecule has 3 heteroatoms. The average Bonchev–Trinajstić information content (AvgIpc) is 2.61. The van der Waals surface area contributed by atoms with Crippen LogP contribution in [0.4, 0.5) is 4.39 Å². The summed E-state index contributed by atoms with van der Waals surface area (Å²) in [6, 6.07) is 4.90. The van der Waals surface area contributed by atoms with Crippen molar-refractivity contribution in [3.05, 3.63) is 35.8 Å². The third-order valence-electron chi connectivity index (χ3n) is 2.76. The number of aromatic nitrogens is 1. The van der Waals surface area contributed by atoms with Crippen molar-refractivity contribution in [1.29, 1.82) is 0 Å². The number of H-pyrrole nitrogens is 1. The van der Waals surface area contributed by atoms with E-state index in [4.69, 9.17) is 0 Å². The lowest BCUT2D eigenvalue weighted by atomic mass is 9.88. The van der Waals surface area contributed by atoms with Crippen molar-refractivity contribution in [2.45, 2.75) is 20.3 Å². The van der Waals surface area contributed by atoms with Gasteiger partial charge in [0.15, 0.2) is 0 Å². The van der Waals surface area contributed by atoms with E-state index in [1.807, 2.05) is 6.20 Å². The highest BCUT2D eigenvalue weighted by Crippen LogP contribution is 2.28. The summed E-state index contributed by atoms with van der Waals surface area (Å²) < 4.78 is 14.3. The molecule has 0 radical (unpaired) electrons. The molecule has 0 saturated heterocycles. The lowest BCUT2D eigenvalue weighted by Crippen LogP contribution is -2.16. The van der Waals surface area contributed by atoms with Crippen molar-refractivity contribution in [2.75, 3.05) is 4.43 Å². The molecule has 0 spiro atoms. The van der Waals surface area contributed by atoms with Crippen LogP contribution in [0.25, 0.3) is 10.9 Å². The quantitative estimate of drug-likeness (QED) is 0.637. The molecule has 86 valence electrons. The molecule has 2 rings (SSSR count). The molecule has 16 heavy (non-hydrogen) atoms. The third kappa shape index (κ3) is 2.39. The smallest absolute Gasteiger partial charge is 0.123 e. The van der Waals surface area contributed by atoms with Gasteiger partial charge in [-0.15, -0.1) is 0 Å². The van der Waals surface area contributed by atoms with E-state index in [2.05, 4.69) is 41.4 Å². The van der Waals surface area contributed by atoms with E-state index < -0.39 is 0 Å². The van der Waals surface area contributed by atoms with Crippen molar-refractivity contribution in [1.82, 2.24) is 4.98 Å². The Morgan fingerprint density at radius 2 is 2.12 bits per heavy atom. The number of fused-ring (bicyclic) bond motifs is 1. The minimum Gasteiger partial charge on any atom is -0.361 e. The predicted octanol–water partition coefficient (Wildman–Crippen LogP) is 4.31. The van der Waals surface area contributed by atoms with Crippen molar-refractivity contribution in [3.8, 4) is 0 Å². The summed E-state index contributed by atoms with van der Waals surface area (Å²) in [5.74, 6) is -0.166. The Bertz CT molecular complexity index is 502. The number of alkyl halides is 1. The highest BCUT2D eigenvalue weighted by Gasteiger charge is 2.18. The van der Waals surface area contributed by atoms with Crippen molar-refractivity contribution < 1.29 is 4.39 Å². The van der Waals surface area contributed by atoms with Gasteiger partial charge >= 0.3 is 0 Å². The van der Waals surface area contributed by atoms with Crippen LogP contribution in [0, 0.1) is 11.2 Å². The summed E-state index contributed by atoms with van der Waals surface area (Å²) in [5.41, 5.74) is 2.47. The van der Waals surface area contributed by atoms with Gasteiger partial charge in [-0.25, -0.2) is 4.39 Å². The second-order valence-electron chi connectivity index (χ2n) is 4.98. The molecule has 0 aliphatic heterocycles. The first-order valence-electron chi connectivity index (χ1n) is 5.33. The number of benzene rings is 1. The maximum Gasteiger partial charge on any atom is 0.123 e. The van der Waals surface area contributed by atoms with Crippen LogP contribution < -0.4 is 0 Å². The van der Waals surface area contributed by atoms with Crippen molar-refractivity contribution in [3.63, 3.8) is 0 Å². The fourth-order valence-electron chi connectivity index (χ4n) is 1.86. The first-order valence-corrected chi connectivity index (χ1v) is 6.86. The second-order valence-corrected chi connectivity index (χ2v) is 5.74. The zero-order valence-corrected chi connectivity index (χ0v) is 11.6. The summed E-state index contributed by atoms with van der Waals surface area (Å²) in [4.78, 5) is 3.19. The van der Waals surface area contributed by atoms with Crippen LogP contribution >= 0.6 is 22.6 Å². The first-order chi connectivity index (χ1) is 7.52. The molecule has 0 fully saturated rings. The minimum absolute atomic E-state index is 0.166. The van der Waals surface area contributed by atoms with E-state index in [9.17, 15) is 4.39 Å². The van der Waals surface area contributed by atoms with Gasteiger partial charge in [-0.1, -0.05) is 36.4 Å². The lowest BCUT2D eigenvalue weighted by Gasteiger charge is -2.20. The number of hydrogen-bond acceptors (Lipinski definition) is 0. The van der Waals surface area contributed by atoms with E-state index in [0.717, 1.165) is 21.8 Å². The first kappa shape index (κ1) is 11.9. The Morgan fingerprint density at radius 1 is 1.38 bits per heavy atom. The van der Waals surface area contributed by atoms with Gasteiger partial charge in [0, 0.05) is 21.5 Å². The maximum absolute atomic E-state index is 13.2. The number of halogens is 2. The van der Waals surface area contributed by atoms with E-state index >= 15 is 0 Å². The molecule has 0 amide bonds. The Morgan fingerprint density at radius 3 is 2.81 bits per heavy atom. The van der Waals surface area contributed by atoms with Gasteiger partial charge in [-0.3, -0.25) is 0 Å². The van der Waals surface area contributed by atoms with E-state index in [1.165, 1.54) is 11.6 Å². The Balaban J connectivity index is 2.41. The van der Waals surface area contributed by atoms with Gasteiger partial charge in [-0.05, 0) is 35.6 Å². The lowest BCUT2D eigenvalue weighted by molar-refractivity contribution is 0.430. The SMILES string of the molecule is CC(C)(CI)Cc1c[nH]c2ccc(F)cc12. The molecule has 1 aromatic heterocycles. The second kappa shape index (κ2) is 4.35. The Labute approximate surface area is 109 Å². The molecule has 0 aliphatic carbocycles. The van der Waals surface area contributed by atoms with E-state index in [1.54, 1.807) is 12.1 Å². The van der Waals surface area contributed by atoms with Gasteiger partial charge in [-0.2, -0.15) is 0 Å². The number of nitrogens with one attached hydrogen (secondary N) is 1. The van der Waals surface area contributed by atoms with E-state index in [-0.39, 0.29) is 11.2 Å². The van der Waals surface area contributed by atoms with Crippen LogP contribution in [0.2, 0.25) is 0 Å². The van der Waals surface area contributed by atoms with E-state index in [0.29, 0.717) is 0 Å². The van der Waals surface area contributed by atoms with Crippen molar-refractivity contribution in [2.24, 2.45) is 5.41 Å². The predicted molar refractivity (Wildman–Crippen MR) is 74.6 cm³/mol. The summed E-state index contributed by atoms with van der Waals surface area (Å²) in [7, 11) is 0. The minimum atomic E-state index is -0.166. The third-order valence-corrected chi connectivity index (χ3v) is 4.83. The molecule has 1 heterocycles. The molecular formula is C13H15FIN. The van der Waals surface area contributed by atoms with Crippen LogP contribution in [0.1, 0.15) is 19.4 Å². The summed E-state index contributed by atoms with van der Waals surface area (Å²) in [6.07, 6.45) is 2.97. The van der Waals surface area contributed by atoms with Gasteiger partial charge in [0.2, 0.25) is 0 Å². The fourth-order valence-corrected chi connectivity index (χ4v) is 2.13. The van der Waals surface area contributed by atoms with Crippen LogP contribution in [-0.2, 0) is 6.42 Å². The number of hydrogen-bond donors (Lipinski definition) is 1. The van der Waals surface area contributed by atoms with Gasteiger partial charge < -0.3 is 4.98 Å². The zero-order valence-electron chi connectivity index (χ0n) is 9.48. The molecule has 0 saturated carbocycles. The largest absolute Gasteiger partial charge is 0.361 e. The molecule has 0 atom stereocenters. The summed E-state index contributed by atoms with van der Waals surface area (Å²) >= 11 is 2.40. The number of aromatic amines is 1.